The molecule has 2 fully saturated rings. The largest absolute Gasteiger partial charge is 0.299 e. The number of allylic oxidation sites excluding steroid dienone is 11. The number of hydrogen-bond acceptors (Lipinski definition) is 3. The zero-order valence-electron chi connectivity index (χ0n) is 16.3. The summed E-state index contributed by atoms with van der Waals surface area (Å²) in [5, 5.41) is 0. The number of piperidine rings is 1. The monoisotopic (exact) mass is 374 g/mol. The second-order valence-corrected chi connectivity index (χ2v) is 8.32. The fourth-order valence-electron chi connectivity index (χ4n) is 5.52. The normalized spacial score (nSPS) is 33.9. The maximum atomic E-state index is 13.7. The second kappa shape index (κ2) is 6.56. The summed E-state index contributed by atoms with van der Waals surface area (Å²) in [6, 6.07) is 0.288. The van der Waals surface area contributed by atoms with E-state index in [-0.39, 0.29) is 23.8 Å². The first-order valence-electron chi connectivity index (χ1n) is 10.4. The van der Waals surface area contributed by atoms with Gasteiger partial charge in [0.05, 0.1) is 5.41 Å². The average Bonchev–Trinajstić information content (AvgIpc) is 3.16. The molecule has 2 amide bonds. The zero-order valence-corrected chi connectivity index (χ0v) is 16.3. The molecule has 144 valence electrons. The van der Waals surface area contributed by atoms with Crippen LogP contribution in [0.15, 0.2) is 71.4 Å². The third-order valence-corrected chi connectivity index (χ3v) is 6.93. The Hall–Kier alpha value is -2.46. The third-order valence-electron chi connectivity index (χ3n) is 6.93. The van der Waals surface area contributed by atoms with Crippen LogP contribution >= 0.6 is 0 Å². The molecule has 2 aliphatic heterocycles. The number of amides is 2. The molecule has 0 aromatic rings. The SMILES string of the molecule is CCN1CCCC1CN1C(=O)CC23C=CC=CC2=CC2C=CC=CC2=C3C1=O. The Morgan fingerprint density at radius 2 is 2.00 bits per heavy atom. The molecule has 5 aliphatic rings. The van der Waals surface area contributed by atoms with E-state index in [2.05, 4.69) is 42.2 Å². The molecule has 4 heteroatoms. The van der Waals surface area contributed by atoms with Gasteiger partial charge in [-0.25, -0.2) is 0 Å². The van der Waals surface area contributed by atoms with Gasteiger partial charge < -0.3 is 0 Å². The van der Waals surface area contributed by atoms with E-state index in [0.29, 0.717) is 13.0 Å². The lowest BCUT2D eigenvalue weighted by Gasteiger charge is -2.47. The Labute approximate surface area is 166 Å². The van der Waals surface area contributed by atoms with E-state index in [9.17, 15) is 9.59 Å². The van der Waals surface area contributed by atoms with Gasteiger partial charge in [0.25, 0.3) is 5.91 Å². The number of likely N-dealkylation sites (tertiary alicyclic amines) is 2. The molecule has 2 saturated heterocycles. The summed E-state index contributed by atoms with van der Waals surface area (Å²) in [5.74, 6) is -0.0291. The van der Waals surface area contributed by atoms with Gasteiger partial charge in [0.2, 0.25) is 5.91 Å². The van der Waals surface area contributed by atoms with Crippen molar-refractivity contribution in [2.45, 2.75) is 32.2 Å². The fourth-order valence-corrected chi connectivity index (χ4v) is 5.52. The Bertz CT molecular complexity index is 917. The van der Waals surface area contributed by atoms with Crippen LogP contribution in [0.3, 0.4) is 0 Å². The molecule has 0 bridgehead atoms. The van der Waals surface area contributed by atoms with Gasteiger partial charge in [0.1, 0.15) is 0 Å². The van der Waals surface area contributed by atoms with Gasteiger partial charge in [-0.2, -0.15) is 0 Å². The van der Waals surface area contributed by atoms with Crippen molar-refractivity contribution in [3.8, 4) is 0 Å². The van der Waals surface area contributed by atoms with E-state index in [4.69, 9.17) is 0 Å². The van der Waals surface area contributed by atoms with Crippen LogP contribution < -0.4 is 0 Å². The molecule has 3 atom stereocenters. The van der Waals surface area contributed by atoms with Crippen LogP contribution in [0.25, 0.3) is 0 Å². The fraction of sp³-hybridized carbons (Fsp3) is 0.417. The minimum absolute atomic E-state index is 0.0445. The van der Waals surface area contributed by atoms with E-state index < -0.39 is 5.41 Å². The minimum Gasteiger partial charge on any atom is -0.299 e. The van der Waals surface area contributed by atoms with Crippen molar-refractivity contribution in [2.24, 2.45) is 11.3 Å². The lowest BCUT2D eigenvalue weighted by Crippen LogP contribution is -2.54. The second-order valence-electron chi connectivity index (χ2n) is 8.32. The van der Waals surface area contributed by atoms with Gasteiger partial charge in [-0.05, 0) is 37.1 Å². The predicted octanol–water partition coefficient (Wildman–Crippen LogP) is 3.32. The number of likely N-dealkylation sites (N-methyl/N-ethyl adjacent to an activating group) is 1. The van der Waals surface area contributed by atoms with E-state index in [1.807, 2.05) is 24.3 Å². The number of hydrogen-bond donors (Lipinski definition) is 0. The molecule has 5 rings (SSSR count). The summed E-state index contributed by atoms with van der Waals surface area (Å²) in [6.07, 6.45) is 21.1. The van der Waals surface area contributed by atoms with Crippen molar-refractivity contribution >= 4 is 11.8 Å². The minimum atomic E-state index is -0.596. The van der Waals surface area contributed by atoms with Gasteiger partial charge in [-0.15, -0.1) is 0 Å². The standard InChI is InChI=1S/C24H26N2O2/c1-2-25-13-7-10-19(25)16-26-21(27)15-24-12-6-5-9-18(24)14-17-8-3-4-11-20(17)22(24)23(26)28/h3-6,8-9,11-12,14,17,19H,2,7,10,13,15-16H2,1H3. The van der Waals surface area contributed by atoms with E-state index in [1.165, 1.54) is 0 Å². The van der Waals surface area contributed by atoms with Crippen molar-refractivity contribution in [3.05, 3.63) is 71.4 Å². The highest BCUT2D eigenvalue weighted by molar-refractivity contribution is 6.11. The first-order chi connectivity index (χ1) is 13.6. The molecular weight excluding hydrogens is 348 g/mol. The summed E-state index contributed by atoms with van der Waals surface area (Å²) in [7, 11) is 0. The Morgan fingerprint density at radius 1 is 1.14 bits per heavy atom. The van der Waals surface area contributed by atoms with Crippen molar-refractivity contribution in [1.82, 2.24) is 9.80 Å². The van der Waals surface area contributed by atoms with Gasteiger partial charge in [0.15, 0.2) is 0 Å². The number of rotatable bonds is 3. The van der Waals surface area contributed by atoms with Crippen LogP contribution in [-0.2, 0) is 9.59 Å². The highest BCUT2D eigenvalue weighted by Gasteiger charge is 2.52. The van der Waals surface area contributed by atoms with Crippen LogP contribution in [0.5, 0.6) is 0 Å². The summed E-state index contributed by atoms with van der Waals surface area (Å²) < 4.78 is 0. The summed E-state index contributed by atoms with van der Waals surface area (Å²) in [4.78, 5) is 30.9. The van der Waals surface area contributed by atoms with Gasteiger partial charge in [0, 0.05) is 30.5 Å². The molecule has 3 aliphatic carbocycles. The zero-order chi connectivity index (χ0) is 19.3. The highest BCUT2D eigenvalue weighted by Crippen LogP contribution is 2.53. The van der Waals surface area contributed by atoms with Crippen molar-refractivity contribution in [1.29, 1.82) is 0 Å². The number of carbonyl (C=O) groups is 2. The molecule has 0 aromatic heterocycles. The molecule has 0 radical (unpaired) electrons. The first-order valence-corrected chi connectivity index (χ1v) is 10.4. The number of nitrogens with zero attached hydrogens (tertiary/aromatic N) is 2. The molecule has 1 spiro atoms. The predicted molar refractivity (Wildman–Crippen MR) is 109 cm³/mol. The Kier molecular flexibility index (Phi) is 4.13. The maximum Gasteiger partial charge on any atom is 0.258 e. The highest BCUT2D eigenvalue weighted by atomic mass is 16.2. The maximum absolute atomic E-state index is 13.7. The molecule has 3 unspecified atom stereocenters. The lowest BCUT2D eigenvalue weighted by molar-refractivity contribution is -0.147. The Balaban J connectivity index is 1.56. The van der Waals surface area contributed by atoms with E-state index in [0.717, 1.165) is 42.7 Å². The average molecular weight is 374 g/mol. The van der Waals surface area contributed by atoms with E-state index in [1.54, 1.807) is 4.90 Å². The lowest BCUT2D eigenvalue weighted by atomic mass is 9.60. The number of imide groups is 1. The summed E-state index contributed by atoms with van der Waals surface area (Å²) in [6.45, 7) is 4.69. The van der Waals surface area contributed by atoms with Crippen molar-refractivity contribution in [2.75, 3.05) is 19.6 Å². The van der Waals surface area contributed by atoms with Crippen LogP contribution in [-0.4, -0.2) is 47.3 Å². The molecular formula is C24H26N2O2. The van der Waals surface area contributed by atoms with Crippen molar-refractivity contribution in [3.63, 3.8) is 0 Å². The van der Waals surface area contributed by atoms with Crippen LogP contribution in [0, 0.1) is 11.3 Å². The smallest absolute Gasteiger partial charge is 0.258 e. The number of carbonyl (C=O) groups excluding carboxylic acids is 2. The van der Waals surface area contributed by atoms with Crippen LogP contribution in [0.1, 0.15) is 26.2 Å². The van der Waals surface area contributed by atoms with Crippen molar-refractivity contribution < 1.29 is 9.59 Å². The molecule has 0 saturated carbocycles. The Morgan fingerprint density at radius 3 is 2.86 bits per heavy atom. The molecule has 4 nitrogen and oxygen atoms in total. The molecule has 28 heavy (non-hydrogen) atoms. The molecule has 0 N–H and O–H groups in total. The van der Waals surface area contributed by atoms with Crippen LogP contribution in [0.4, 0.5) is 0 Å². The third kappa shape index (κ3) is 2.47. The topological polar surface area (TPSA) is 40.6 Å². The summed E-state index contributed by atoms with van der Waals surface area (Å²) in [5.41, 5.74) is 2.33. The quantitative estimate of drug-likeness (QED) is 0.712. The number of fused-ring (bicyclic) bond motifs is 1. The van der Waals surface area contributed by atoms with Gasteiger partial charge in [-0.1, -0.05) is 61.6 Å². The molecule has 2 heterocycles. The molecule has 0 aromatic carbocycles. The van der Waals surface area contributed by atoms with E-state index >= 15 is 0 Å². The van der Waals surface area contributed by atoms with Gasteiger partial charge in [-0.3, -0.25) is 19.4 Å². The first kappa shape index (κ1) is 17.6. The summed E-state index contributed by atoms with van der Waals surface area (Å²) >= 11 is 0. The van der Waals surface area contributed by atoms with Gasteiger partial charge >= 0.3 is 0 Å². The van der Waals surface area contributed by atoms with Crippen LogP contribution in [0.2, 0.25) is 0 Å².